The summed E-state index contributed by atoms with van der Waals surface area (Å²) in [4.78, 5) is 4.11. The normalized spacial score (nSPS) is 12.7. The lowest BCUT2D eigenvalue weighted by atomic mass is 9.88. The van der Waals surface area contributed by atoms with E-state index in [0.29, 0.717) is 11.0 Å². The van der Waals surface area contributed by atoms with Crippen molar-refractivity contribution in [1.29, 1.82) is 0 Å². The number of methoxy groups -OCH3 is 1. The first-order valence-electron chi connectivity index (χ1n) is 5.90. The van der Waals surface area contributed by atoms with Gasteiger partial charge in [-0.25, -0.2) is 4.98 Å². The van der Waals surface area contributed by atoms with Gasteiger partial charge in [-0.05, 0) is 30.6 Å². The number of hydrogen-bond donors (Lipinski definition) is 2. The molecule has 18 heavy (non-hydrogen) atoms. The van der Waals surface area contributed by atoms with Crippen LogP contribution in [0, 0.1) is 5.41 Å². The molecule has 0 aliphatic heterocycles. The largest absolute Gasteiger partial charge is 0.481 e. The van der Waals surface area contributed by atoms with E-state index in [1.807, 2.05) is 6.07 Å². The van der Waals surface area contributed by atoms with Crippen molar-refractivity contribution in [2.45, 2.75) is 33.7 Å². The first kappa shape index (κ1) is 14.7. The SMILES string of the molecule is COc1ccc(NC(=S)NC(C)C(C)(C)C)cn1. The van der Waals surface area contributed by atoms with E-state index in [9.17, 15) is 0 Å². The Kier molecular flexibility index (Phi) is 4.90. The van der Waals surface area contributed by atoms with E-state index < -0.39 is 0 Å². The maximum atomic E-state index is 5.26. The summed E-state index contributed by atoms with van der Waals surface area (Å²) in [5.41, 5.74) is 0.999. The Hall–Kier alpha value is -1.36. The second kappa shape index (κ2) is 6.00. The van der Waals surface area contributed by atoms with Gasteiger partial charge in [0.25, 0.3) is 0 Å². The Bertz CT molecular complexity index is 398. The predicted molar refractivity (Wildman–Crippen MR) is 79.1 cm³/mol. The minimum atomic E-state index is 0.157. The highest BCUT2D eigenvalue weighted by atomic mass is 32.1. The van der Waals surface area contributed by atoms with Crippen LogP contribution in [-0.4, -0.2) is 23.2 Å². The van der Waals surface area contributed by atoms with Gasteiger partial charge >= 0.3 is 0 Å². The highest BCUT2D eigenvalue weighted by Gasteiger charge is 2.20. The Morgan fingerprint density at radius 2 is 2.06 bits per heavy atom. The molecule has 0 aromatic carbocycles. The molecule has 1 heterocycles. The van der Waals surface area contributed by atoms with Crippen molar-refractivity contribution in [1.82, 2.24) is 10.3 Å². The molecule has 1 rings (SSSR count). The fourth-order valence-corrected chi connectivity index (χ4v) is 1.45. The Labute approximate surface area is 114 Å². The highest BCUT2D eigenvalue weighted by Crippen LogP contribution is 2.18. The molecule has 0 aliphatic rings. The number of thiocarbonyl (C=S) groups is 1. The second-order valence-electron chi connectivity index (χ2n) is 5.28. The number of hydrogen-bond acceptors (Lipinski definition) is 3. The molecule has 1 atom stereocenters. The summed E-state index contributed by atoms with van der Waals surface area (Å²) in [7, 11) is 1.59. The highest BCUT2D eigenvalue weighted by molar-refractivity contribution is 7.80. The van der Waals surface area contributed by atoms with Crippen LogP contribution in [0.5, 0.6) is 5.88 Å². The van der Waals surface area contributed by atoms with Crippen LogP contribution in [0.25, 0.3) is 0 Å². The minimum absolute atomic E-state index is 0.157. The van der Waals surface area contributed by atoms with Crippen molar-refractivity contribution < 1.29 is 4.74 Å². The van der Waals surface area contributed by atoms with E-state index in [-0.39, 0.29) is 11.5 Å². The van der Waals surface area contributed by atoms with Crippen molar-refractivity contribution in [3.05, 3.63) is 18.3 Å². The van der Waals surface area contributed by atoms with Gasteiger partial charge in [0.2, 0.25) is 5.88 Å². The molecule has 4 nitrogen and oxygen atoms in total. The van der Waals surface area contributed by atoms with Crippen LogP contribution in [-0.2, 0) is 0 Å². The third-order valence-electron chi connectivity index (χ3n) is 2.85. The molecule has 0 aliphatic carbocycles. The molecule has 1 aromatic heterocycles. The van der Waals surface area contributed by atoms with E-state index in [1.54, 1.807) is 19.4 Å². The fraction of sp³-hybridized carbons (Fsp3) is 0.538. The van der Waals surface area contributed by atoms with Gasteiger partial charge in [0.1, 0.15) is 0 Å². The van der Waals surface area contributed by atoms with Gasteiger partial charge in [-0.3, -0.25) is 0 Å². The lowest BCUT2D eigenvalue weighted by Crippen LogP contribution is -2.43. The van der Waals surface area contributed by atoms with E-state index in [2.05, 4.69) is 43.3 Å². The molecule has 1 aromatic rings. The lowest BCUT2D eigenvalue weighted by Gasteiger charge is -2.29. The molecule has 0 fully saturated rings. The van der Waals surface area contributed by atoms with Gasteiger partial charge in [0.05, 0.1) is 19.0 Å². The summed E-state index contributed by atoms with van der Waals surface area (Å²) in [6, 6.07) is 3.95. The number of rotatable bonds is 3. The van der Waals surface area contributed by atoms with Crippen molar-refractivity contribution in [3.8, 4) is 5.88 Å². The Balaban J connectivity index is 2.54. The number of aromatic nitrogens is 1. The van der Waals surface area contributed by atoms with E-state index >= 15 is 0 Å². The van der Waals surface area contributed by atoms with E-state index in [4.69, 9.17) is 17.0 Å². The molecule has 2 N–H and O–H groups in total. The topological polar surface area (TPSA) is 46.2 Å². The molecule has 0 amide bonds. The summed E-state index contributed by atoms with van der Waals surface area (Å²) in [5, 5.41) is 6.96. The van der Waals surface area contributed by atoms with Gasteiger partial charge in [0.15, 0.2) is 5.11 Å². The molecule has 5 heteroatoms. The summed E-state index contributed by atoms with van der Waals surface area (Å²) in [6.45, 7) is 8.62. The predicted octanol–water partition coefficient (Wildman–Crippen LogP) is 2.81. The quantitative estimate of drug-likeness (QED) is 0.825. The second-order valence-corrected chi connectivity index (χ2v) is 5.68. The van der Waals surface area contributed by atoms with Crippen molar-refractivity contribution in [2.24, 2.45) is 5.41 Å². The van der Waals surface area contributed by atoms with Crippen LogP contribution in [0.4, 0.5) is 5.69 Å². The third-order valence-corrected chi connectivity index (χ3v) is 3.07. The number of nitrogens with zero attached hydrogens (tertiary/aromatic N) is 1. The molecule has 0 saturated heterocycles. The van der Waals surface area contributed by atoms with Gasteiger partial charge in [-0.2, -0.15) is 0 Å². The third kappa shape index (κ3) is 4.49. The molecular formula is C13H21N3OS. The zero-order valence-corrected chi connectivity index (χ0v) is 12.4. The van der Waals surface area contributed by atoms with E-state index in [1.165, 1.54) is 0 Å². The molecular weight excluding hydrogens is 246 g/mol. The standard InChI is InChI=1S/C13H21N3OS/c1-9(13(2,3)4)15-12(18)16-10-6-7-11(17-5)14-8-10/h6-9H,1-5H3,(H2,15,16,18). The maximum Gasteiger partial charge on any atom is 0.213 e. The monoisotopic (exact) mass is 267 g/mol. The first-order chi connectivity index (χ1) is 8.32. The maximum absolute atomic E-state index is 5.26. The van der Waals surface area contributed by atoms with Gasteiger partial charge in [-0.1, -0.05) is 20.8 Å². The van der Waals surface area contributed by atoms with Gasteiger partial charge in [0, 0.05) is 12.1 Å². The zero-order valence-electron chi connectivity index (χ0n) is 11.6. The first-order valence-corrected chi connectivity index (χ1v) is 6.31. The molecule has 1 unspecified atom stereocenters. The van der Waals surface area contributed by atoms with Crippen LogP contribution in [0.2, 0.25) is 0 Å². The smallest absolute Gasteiger partial charge is 0.213 e. The van der Waals surface area contributed by atoms with E-state index in [0.717, 1.165) is 5.69 Å². The van der Waals surface area contributed by atoms with Crippen LogP contribution in [0.1, 0.15) is 27.7 Å². The lowest BCUT2D eigenvalue weighted by molar-refractivity contribution is 0.317. The number of pyridine rings is 1. The van der Waals surface area contributed by atoms with Crippen LogP contribution < -0.4 is 15.4 Å². The average molecular weight is 267 g/mol. The van der Waals surface area contributed by atoms with Crippen LogP contribution in [0.3, 0.4) is 0 Å². The van der Waals surface area contributed by atoms with Gasteiger partial charge in [-0.15, -0.1) is 0 Å². The number of anilines is 1. The molecule has 0 radical (unpaired) electrons. The molecule has 0 saturated carbocycles. The van der Waals surface area contributed by atoms with Crippen LogP contribution in [0.15, 0.2) is 18.3 Å². The summed E-state index contributed by atoms with van der Waals surface area (Å²) in [5.74, 6) is 0.586. The molecule has 0 bridgehead atoms. The minimum Gasteiger partial charge on any atom is -0.481 e. The molecule has 100 valence electrons. The van der Waals surface area contributed by atoms with Gasteiger partial charge < -0.3 is 15.4 Å². The Morgan fingerprint density at radius 3 is 2.50 bits per heavy atom. The van der Waals surface area contributed by atoms with Crippen molar-refractivity contribution >= 4 is 23.0 Å². The van der Waals surface area contributed by atoms with Crippen molar-refractivity contribution in [3.63, 3.8) is 0 Å². The average Bonchev–Trinajstić information content (AvgIpc) is 2.28. The van der Waals surface area contributed by atoms with Crippen molar-refractivity contribution in [2.75, 3.05) is 12.4 Å². The summed E-state index contributed by atoms with van der Waals surface area (Å²) < 4.78 is 5.00. The van der Waals surface area contributed by atoms with Crippen LogP contribution >= 0.6 is 12.2 Å². The summed E-state index contributed by atoms with van der Waals surface area (Å²) in [6.07, 6.45) is 1.69. The number of ether oxygens (including phenoxy) is 1. The molecule has 0 spiro atoms. The number of nitrogens with one attached hydrogen (secondary N) is 2. The zero-order chi connectivity index (χ0) is 13.8. The Morgan fingerprint density at radius 1 is 1.39 bits per heavy atom. The fourth-order valence-electron chi connectivity index (χ4n) is 1.16. The summed E-state index contributed by atoms with van der Waals surface area (Å²) >= 11 is 5.26.